The highest BCUT2D eigenvalue weighted by Gasteiger charge is 2.53. The fourth-order valence-electron chi connectivity index (χ4n) is 3.29. The van der Waals surface area contributed by atoms with E-state index in [0.717, 1.165) is 4.90 Å². The number of hydrogen-bond acceptors (Lipinski definition) is 2. The zero-order valence-electron chi connectivity index (χ0n) is 13.0. The highest BCUT2D eigenvalue weighted by Crippen LogP contribution is 2.39. The molecule has 134 valence electrons. The van der Waals surface area contributed by atoms with Crippen LogP contribution in [0.4, 0.5) is 13.2 Å². The van der Waals surface area contributed by atoms with Crippen LogP contribution in [-0.2, 0) is 11.8 Å². The van der Waals surface area contributed by atoms with Gasteiger partial charge in [-0.3, -0.25) is 9.59 Å². The van der Waals surface area contributed by atoms with Crippen LogP contribution in [0.1, 0.15) is 10.5 Å². The summed E-state index contributed by atoms with van der Waals surface area (Å²) in [6, 6.07) is 6.93. The van der Waals surface area contributed by atoms with Crippen LogP contribution in [0.5, 0.6) is 0 Å². The van der Waals surface area contributed by atoms with Gasteiger partial charge in [-0.25, -0.2) is 0 Å². The molecule has 1 aromatic heterocycles. The highest BCUT2D eigenvalue weighted by molar-refractivity contribution is 6.38. The van der Waals surface area contributed by atoms with Crippen LogP contribution in [0, 0.1) is 11.8 Å². The van der Waals surface area contributed by atoms with Gasteiger partial charge in [-0.1, -0.05) is 29.8 Å². The predicted octanol–water partition coefficient (Wildman–Crippen LogP) is 3.17. The molecule has 2 atom stereocenters. The van der Waals surface area contributed by atoms with Gasteiger partial charge in [0.15, 0.2) is 0 Å². The second-order valence-corrected chi connectivity index (χ2v) is 6.42. The summed E-state index contributed by atoms with van der Waals surface area (Å²) in [6.45, 7) is -1.20. The van der Waals surface area contributed by atoms with Crippen molar-refractivity contribution >= 4 is 34.4 Å². The number of likely N-dealkylation sites (tertiary alicyclic amines) is 1. The molecule has 0 unspecified atom stereocenters. The largest absolute Gasteiger partial charge is 0.481 e. The Hall–Kier alpha value is -2.22. The van der Waals surface area contributed by atoms with Crippen LogP contribution in [-0.4, -0.2) is 45.7 Å². The second kappa shape index (κ2) is 5.94. The fraction of sp³-hybridized carbons (Fsp3) is 0.375. The minimum atomic E-state index is -4.69. The highest BCUT2D eigenvalue weighted by atomic mass is 35.5. The van der Waals surface area contributed by atoms with Crippen molar-refractivity contribution in [3.05, 3.63) is 35.0 Å². The van der Waals surface area contributed by atoms with Gasteiger partial charge in [-0.05, 0) is 6.07 Å². The number of alkyl halides is 3. The summed E-state index contributed by atoms with van der Waals surface area (Å²) in [4.78, 5) is 24.8. The second-order valence-electron chi connectivity index (χ2n) is 6.04. The number of amides is 1. The Balaban J connectivity index is 1.99. The molecule has 25 heavy (non-hydrogen) atoms. The van der Waals surface area contributed by atoms with Crippen molar-refractivity contribution in [2.45, 2.75) is 6.18 Å². The van der Waals surface area contributed by atoms with Gasteiger partial charge in [-0.2, -0.15) is 13.2 Å². The van der Waals surface area contributed by atoms with E-state index in [1.807, 2.05) is 0 Å². The van der Waals surface area contributed by atoms with Crippen LogP contribution < -0.4 is 0 Å². The quantitative estimate of drug-likeness (QED) is 0.878. The molecule has 0 aliphatic carbocycles. The summed E-state index contributed by atoms with van der Waals surface area (Å²) in [7, 11) is 1.59. The van der Waals surface area contributed by atoms with Gasteiger partial charge < -0.3 is 14.6 Å². The Morgan fingerprint density at radius 2 is 1.88 bits per heavy atom. The van der Waals surface area contributed by atoms with Gasteiger partial charge in [0.05, 0.1) is 16.9 Å². The van der Waals surface area contributed by atoms with Crippen molar-refractivity contribution in [1.29, 1.82) is 0 Å². The SMILES string of the molecule is Cn1c(C(=O)N2C[C@@H](C(F)(F)F)[C@H](C(=O)O)C2)c(Cl)c2ccccc21. The van der Waals surface area contributed by atoms with Gasteiger partial charge >= 0.3 is 12.1 Å². The number of halogens is 4. The Labute approximate surface area is 145 Å². The lowest BCUT2D eigenvalue weighted by Crippen LogP contribution is -2.34. The molecule has 1 fully saturated rings. The molecular weight excluding hydrogens is 361 g/mol. The van der Waals surface area contributed by atoms with Gasteiger partial charge in [0, 0.05) is 31.0 Å². The molecule has 0 saturated carbocycles. The Morgan fingerprint density at radius 3 is 2.40 bits per heavy atom. The normalized spacial score (nSPS) is 21.1. The molecule has 1 saturated heterocycles. The fourth-order valence-corrected chi connectivity index (χ4v) is 3.65. The first-order chi connectivity index (χ1) is 11.6. The minimum Gasteiger partial charge on any atom is -0.481 e. The number of rotatable bonds is 2. The maximum absolute atomic E-state index is 13.1. The lowest BCUT2D eigenvalue weighted by Gasteiger charge is -2.18. The molecular formula is C16H14ClF3N2O3. The molecule has 1 aromatic carbocycles. The standard InChI is InChI=1S/C16H14ClF3N2O3/c1-21-11-5-3-2-4-8(11)12(17)13(21)14(23)22-6-9(15(24)25)10(7-22)16(18,19)20/h2-5,9-10H,6-7H2,1H3,(H,24,25)/t9-,10-/m1/s1. The predicted molar refractivity (Wildman–Crippen MR) is 84.5 cm³/mol. The molecule has 2 heterocycles. The monoisotopic (exact) mass is 374 g/mol. The molecule has 1 aliphatic rings. The third-order valence-electron chi connectivity index (χ3n) is 4.59. The van der Waals surface area contributed by atoms with Gasteiger partial charge in [0.25, 0.3) is 5.91 Å². The Morgan fingerprint density at radius 1 is 1.24 bits per heavy atom. The van der Waals surface area contributed by atoms with E-state index in [1.165, 1.54) is 4.57 Å². The zero-order chi connectivity index (χ0) is 18.5. The van der Waals surface area contributed by atoms with Crippen molar-refractivity contribution in [2.24, 2.45) is 18.9 Å². The summed E-state index contributed by atoms with van der Waals surface area (Å²) < 4.78 is 40.8. The summed E-state index contributed by atoms with van der Waals surface area (Å²) in [5.74, 6) is -6.05. The van der Waals surface area contributed by atoms with Crippen molar-refractivity contribution in [3.8, 4) is 0 Å². The molecule has 9 heteroatoms. The molecule has 0 bridgehead atoms. The van der Waals surface area contributed by atoms with Crippen LogP contribution in [0.25, 0.3) is 10.9 Å². The van der Waals surface area contributed by atoms with E-state index < -0.39 is 43.0 Å². The first kappa shape index (κ1) is 17.6. The number of carbonyl (C=O) groups is 2. The van der Waals surface area contributed by atoms with Crippen molar-refractivity contribution in [1.82, 2.24) is 9.47 Å². The molecule has 1 N–H and O–H groups in total. The first-order valence-corrected chi connectivity index (χ1v) is 7.82. The molecule has 2 aromatic rings. The van der Waals surface area contributed by atoms with Crippen molar-refractivity contribution in [3.63, 3.8) is 0 Å². The van der Waals surface area contributed by atoms with Gasteiger partial charge in [0.1, 0.15) is 5.69 Å². The van der Waals surface area contributed by atoms with Crippen LogP contribution in [0.2, 0.25) is 5.02 Å². The lowest BCUT2D eigenvalue weighted by atomic mass is 9.96. The van der Waals surface area contributed by atoms with Crippen LogP contribution >= 0.6 is 11.6 Å². The van der Waals surface area contributed by atoms with Crippen molar-refractivity contribution in [2.75, 3.05) is 13.1 Å². The molecule has 0 radical (unpaired) electrons. The number of carboxylic acid groups (broad SMARTS) is 1. The zero-order valence-corrected chi connectivity index (χ0v) is 13.8. The maximum atomic E-state index is 13.1. The average molecular weight is 375 g/mol. The lowest BCUT2D eigenvalue weighted by molar-refractivity contribution is -0.187. The van der Waals surface area contributed by atoms with Crippen molar-refractivity contribution < 1.29 is 27.9 Å². The maximum Gasteiger partial charge on any atom is 0.394 e. The number of carboxylic acids is 1. The topological polar surface area (TPSA) is 62.5 Å². The number of nitrogens with zero attached hydrogens (tertiary/aromatic N) is 2. The van der Waals surface area contributed by atoms with E-state index >= 15 is 0 Å². The van der Waals surface area contributed by atoms with E-state index in [4.69, 9.17) is 16.7 Å². The summed E-state index contributed by atoms with van der Waals surface area (Å²) in [5.41, 5.74) is 0.715. The number of aryl methyl sites for hydroxylation is 1. The molecule has 3 rings (SSSR count). The number of benzene rings is 1. The van der Waals surface area contributed by atoms with E-state index in [1.54, 1.807) is 31.3 Å². The van der Waals surface area contributed by atoms with E-state index in [9.17, 15) is 22.8 Å². The number of fused-ring (bicyclic) bond motifs is 1. The first-order valence-electron chi connectivity index (χ1n) is 7.44. The van der Waals surface area contributed by atoms with E-state index in [2.05, 4.69) is 0 Å². The van der Waals surface area contributed by atoms with E-state index in [-0.39, 0.29) is 10.7 Å². The summed E-state index contributed by atoms with van der Waals surface area (Å²) in [5, 5.41) is 9.82. The van der Waals surface area contributed by atoms with Gasteiger partial charge in [-0.15, -0.1) is 0 Å². The third kappa shape index (κ3) is 2.84. The minimum absolute atomic E-state index is 0.0508. The summed E-state index contributed by atoms with van der Waals surface area (Å²) >= 11 is 6.25. The summed E-state index contributed by atoms with van der Waals surface area (Å²) in [6.07, 6.45) is -4.69. The molecule has 1 amide bonds. The number of carbonyl (C=O) groups excluding carboxylic acids is 1. The smallest absolute Gasteiger partial charge is 0.394 e. The Bertz CT molecular complexity index is 823. The Kier molecular flexibility index (Phi) is 4.18. The number of aromatic nitrogens is 1. The third-order valence-corrected chi connectivity index (χ3v) is 4.98. The van der Waals surface area contributed by atoms with E-state index in [0.29, 0.717) is 10.9 Å². The average Bonchev–Trinajstić information content (AvgIpc) is 3.09. The molecule has 0 spiro atoms. The van der Waals surface area contributed by atoms with Gasteiger partial charge in [0.2, 0.25) is 0 Å². The van der Waals surface area contributed by atoms with Crippen LogP contribution in [0.3, 0.4) is 0 Å². The van der Waals surface area contributed by atoms with Crippen LogP contribution in [0.15, 0.2) is 24.3 Å². The number of hydrogen-bond donors (Lipinski definition) is 1. The number of aliphatic carboxylic acids is 1. The molecule has 1 aliphatic heterocycles. The molecule has 5 nitrogen and oxygen atoms in total. The number of para-hydroxylation sites is 1.